The molecule has 1 unspecified atom stereocenters. The van der Waals surface area contributed by atoms with Gasteiger partial charge in [0.1, 0.15) is 0 Å². The van der Waals surface area contributed by atoms with Crippen molar-refractivity contribution >= 4 is 27.8 Å². The van der Waals surface area contributed by atoms with Crippen molar-refractivity contribution in [2.75, 3.05) is 17.7 Å². The Balaban J connectivity index is 2.48. The smallest absolute Gasteiger partial charge is 0.201 e. The zero-order valence-electron chi connectivity index (χ0n) is 9.43. The molecule has 2 rings (SSSR count). The minimum atomic E-state index is -0.811. The molecule has 0 amide bonds. The molecule has 0 aliphatic heterocycles. The fourth-order valence-electron chi connectivity index (χ4n) is 1.76. The molecular weight excluding hydrogens is 222 g/mol. The number of aryl methyl sites for hydroxylation is 2. The van der Waals surface area contributed by atoms with E-state index in [1.54, 1.807) is 6.26 Å². The standard InChI is InChI=1S/C11H15N3OS/c1-8-4-3-5-9-10(8)13-11(12)14(9)6-7-16(2)15/h3-5H,6-7H2,1-2H3,(H2,12,13). The predicted octanol–water partition coefficient (Wildman–Crippen LogP) is 1.31. The van der Waals surface area contributed by atoms with Gasteiger partial charge < -0.3 is 10.3 Å². The Labute approximate surface area is 96.9 Å². The number of nitrogens with two attached hydrogens (primary N) is 1. The molecule has 1 atom stereocenters. The normalized spacial score (nSPS) is 13.1. The first-order valence-electron chi connectivity index (χ1n) is 5.11. The van der Waals surface area contributed by atoms with Crippen LogP contribution < -0.4 is 5.73 Å². The average molecular weight is 237 g/mol. The minimum Gasteiger partial charge on any atom is -0.369 e. The predicted molar refractivity (Wildman–Crippen MR) is 67.8 cm³/mol. The van der Waals surface area contributed by atoms with Gasteiger partial charge in [0.05, 0.1) is 11.0 Å². The summed E-state index contributed by atoms with van der Waals surface area (Å²) in [5, 5.41) is 0. The summed E-state index contributed by atoms with van der Waals surface area (Å²) < 4.78 is 13.0. The van der Waals surface area contributed by atoms with Crippen LogP contribution in [0.15, 0.2) is 18.2 Å². The number of nitrogens with zero attached hydrogens (tertiary/aromatic N) is 2. The molecule has 1 heterocycles. The molecular formula is C11H15N3OS. The van der Waals surface area contributed by atoms with Crippen LogP contribution in [0.3, 0.4) is 0 Å². The van der Waals surface area contributed by atoms with Crippen LogP contribution in [0.25, 0.3) is 11.0 Å². The summed E-state index contributed by atoms with van der Waals surface area (Å²) >= 11 is 0. The molecule has 86 valence electrons. The van der Waals surface area contributed by atoms with E-state index >= 15 is 0 Å². The topological polar surface area (TPSA) is 60.9 Å². The second-order valence-electron chi connectivity index (χ2n) is 3.84. The SMILES string of the molecule is Cc1cccc2c1nc(N)n2CCS(C)=O. The molecule has 1 aromatic heterocycles. The van der Waals surface area contributed by atoms with Crippen LogP contribution in [-0.4, -0.2) is 25.8 Å². The number of nitrogen functional groups attached to an aromatic ring is 1. The quantitative estimate of drug-likeness (QED) is 0.875. The van der Waals surface area contributed by atoms with Gasteiger partial charge >= 0.3 is 0 Å². The highest BCUT2D eigenvalue weighted by molar-refractivity contribution is 7.84. The number of rotatable bonds is 3. The Bertz CT molecular complexity index is 547. The molecule has 0 bridgehead atoms. The van der Waals surface area contributed by atoms with Gasteiger partial charge in [-0.1, -0.05) is 12.1 Å². The van der Waals surface area contributed by atoms with Crippen LogP contribution in [-0.2, 0) is 17.3 Å². The van der Waals surface area contributed by atoms with Crippen LogP contribution in [0.1, 0.15) is 5.56 Å². The van der Waals surface area contributed by atoms with Crippen molar-refractivity contribution in [3.63, 3.8) is 0 Å². The Hall–Kier alpha value is -1.36. The lowest BCUT2D eigenvalue weighted by molar-refractivity contribution is 0.680. The molecule has 2 N–H and O–H groups in total. The van der Waals surface area contributed by atoms with Crippen LogP contribution in [0.5, 0.6) is 0 Å². The van der Waals surface area contributed by atoms with E-state index in [2.05, 4.69) is 4.98 Å². The molecule has 0 saturated carbocycles. The minimum absolute atomic E-state index is 0.495. The molecule has 0 saturated heterocycles. The molecule has 4 nitrogen and oxygen atoms in total. The maximum absolute atomic E-state index is 11.1. The molecule has 0 radical (unpaired) electrons. The Kier molecular flexibility index (Phi) is 2.96. The first-order valence-corrected chi connectivity index (χ1v) is 6.83. The maximum atomic E-state index is 11.1. The van der Waals surface area contributed by atoms with Crippen molar-refractivity contribution in [3.05, 3.63) is 23.8 Å². The third-order valence-electron chi connectivity index (χ3n) is 2.61. The zero-order valence-corrected chi connectivity index (χ0v) is 10.3. The van der Waals surface area contributed by atoms with E-state index < -0.39 is 10.8 Å². The van der Waals surface area contributed by atoms with Crippen molar-refractivity contribution < 1.29 is 4.21 Å². The highest BCUT2D eigenvalue weighted by Crippen LogP contribution is 2.20. The highest BCUT2D eigenvalue weighted by atomic mass is 32.2. The number of para-hydroxylation sites is 1. The summed E-state index contributed by atoms with van der Waals surface area (Å²) in [6.45, 7) is 2.66. The van der Waals surface area contributed by atoms with Crippen LogP contribution in [0, 0.1) is 6.92 Å². The molecule has 16 heavy (non-hydrogen) atoms. The average Bonchev–Trinajstić information content (AvgIpc) is 2.53. The summed E-state index contributed by atoms with van der Waals surface area (Å²) in [5.74, 6) is 1.10. The number of hydrogen-bond donors (Lipinski definition) is 1. The number of imidazole rings is 1. The van der Waals surface area contributed by atoms with Crippen LogP contribution in [0.4, 0.5) is 5.95 Å². The summed E-state index contributed by atoms with van der Waals surface area (Å²) in [6, 6.07) is 5.99. The summed E-state index contributed by atoms with van der Waals surface area (Å²) in [7, 11) is -0.811. The lowest BCUT2D eigenvalue weighted by Gasteiger charge is -2.04. The van der Waals surface area contributed by atoms with Crippen molar-refractivity contribution in [1.29, 1.82) is 0 Å². The highest BCUT2D eigenvalue weighted by Gasteiger charge is 2.09. The second kappa shape index (κ2) is 4.25. The van der Waals surface area contributed by atoms with E-state index in [9.17, 15) is 4.21 Å². The first kappa shape index (κ1) is 11.1. The van der Waals surface area contributed by atoms with E-state index in [0.29, 0.717) is 18.2 Å². The van der Waals surface area contributed by atoms with Gasteiger partial charge in [-0.05, 0) is 18.6 Å². The largest absolute Gasteiger partial charge is 0.369 e. The number of anilines is 1. The lowest BCUT2D eigenvalue weighted by atomic mass is 10.2. The van der Waals surface area contributed by atoms with Gasteiger partial charge in [0.2, 0.25) is 5.95 Å². The van der Waals surface area contributed by atoms with Crippen molar-refractivity contribution in [2.45, 2.75) is 13.5 Å². The fraction of sp³-hybridized carbons (Fsp3) is 0.364. The number of benzene rings is 1. The monoisotopic (exact) mass is 237 g/mol. The van der Waals surface area contributed by atoms with E-state index in [1.165, 1.54) is 0 Å². The molecule has 1 aromatic carbocycles. The van der Waals surface area contributed by atoms with Crippen molar-refractivity contribution in [2.24, 2.45) is 0 Å². The molecule has 0 spiro atoms. The number of aromatic nitrogens is 2. The second-order valence-corrected chi connectivity index (χ2v) is 5.40. The van der Waals surface area contributed by atoms with E-state index in [1.807, 2.05) is 29.7 Å². The lowest BCUT2D eigenvalue weighted by Crippen LogP contribution is -2.09. The Morgan fingerprint density at radius 1 is 1.50 bits per heavy atom. The van der Waals surface area contributed by atoms with Gasteiger partial charge in [-0.15, -0.1) is 0 Å². The van der Waals surface area contributed by atoms with Gasteiger partial charge in [-0.2, -0.15) is 0 Å². The zero-order chi connectivity index (χ0) is 11.7. The number of fused-ring (bicyclic) bond motifs is 1. The van der Waals surface area contributed by atoms with E-state index in [4.69, 9.17) is 5.73 Å². The van der Waals surface area contributed by atoms with Crippen molar-refractivity contribution in [1.82, 2.24) is 9.55 Å². The van der Waals surface area contributed by atoms with Gasteiger partial charge in [0.25, 0.3) is 0 Å². The number of hydrogen-bond acceptors (Lipinski definition) is 3. The van der Waals surface area contributed by atoms with Crippen LogP contribution >= 0.6 is 0 Å². The van der Waals surface area contributed by atoms with Gasteiger partial charge in [-0.25, -0.2) is 4.98 Å². The van der Waals surface area contributed by atoms with E-state index in [-0.39, 0.29) is 0 Å². The molecule has 2 aromatic rings. The first-order chi connectivity index (χ1) is 7.59. The summed E-state index contributed by atoms with van der Waals surface area (Å²) in [6.07, 6.45) is 1.69. The third kappa shape index (κ3) is 1.95. The van der Waals surface area contributed by atoms with E-state index in [0.717, 1.165) is 16.6 Å². The third-order valence-corrected chi connectivity index (χ3v) is 3.37. The maximum Gasteiger partial charge on any atom is 0.201 e. The molecule has 0 aliphatic carbocycles. The molecule has 0 fully saturated rings. The Morgan fingerprint density at radius 2 is 2.25 bits per heavy atom. The van der Waals surface area contributed by atoms with Gasteiger partial charge in [-0.3, -0.25) is 4.21 Å². The fourth-order valence-corrected chi connectivity index (χ4v) is 2.20. The summed E-state index contributed by atoms with van der Waals surface area (Å²) in [5.41, 5.74) is 8.92. The molecule has 5 heteroatoms. The van der Waals surface area contributed by atoms with Crippen LogP contribution in [0.2, 0.25) is 0 Å². The van der Waals surface area contributed by atoms with Crippen molar-refractivity contribution in [3.8, 4) is 0 Å². The molecule has 0 aliphatic rings. The summed E-state index contributed by atoms with van der Waals surface area (Å²) in [4.78, 5) is 4.33. The Morgan fingerprint density at radius 3 is 2.94 bits per heavy atom. The van der Waals surface area contributed by atoms with Gasteiger partial charge in [0.15, 0.2) is 0 Å². The van der Waals surface area contributed by atoms with Gasteiger partial charge in [0, 0.05) is 29.4 Å².